The summed E-state index contributed by atoms with van der Waals surface area (Å²) in [5.74, 6) is -0.420. The lowest BCUT2D eigenvalue weighted by molar-refractivity contribution is -0.117. The van der Waals surface area contributed by atoms with Crippen LogP contribution >= 0.6 is 11.6 Å². The second-order valence-electron chi connectivity index (χ2n) is 7.58. The van der Waals surface area contributed by atoms with Crippen molar-refractivity contribution in [2.24, 2.45) is 0 Å². The number of nitrogens with one attached hydrogen (secondary N) is 2. The van der Waals surface area contributed by atoms with Crippen molar-refractivity contribution in [3.8, 4) is 0 Å². The number of halogens is 1. The van der Waals surface area contributed by atoms with Gasteiger partial charge in [0.2, 0.25) is 15.9 Å². The van der Waals surface area contributed by atoms with E-state index in [-0.39, 0.29) is 11.3 Å². The molecule has 0 saturated heterocycles. The molecule has 0 bridgehead atoms. The van der Waals surface area contributed by atoms with Gasteiger partial charge in [-0.2, -0.15) is 4.72 Å². The fourth-order valence-electron chi connectivity index (χ4n) is 3.49. The van der Waals surface area contributed by atoms with Crippen molar-refractivity contribution >= 4 is 33.2 Å². The number of rotatable bonds is 7. The van der Waals surface area contributed by atoms with Crippen LogP contribution in [0.4, 0.5) is 5.69 Å². The highest BCUT2D eigenvalue weighted by atomic mass is 35.5. The van der Waals surface area contributed by atoms with E-state index in [1.807, 2.05) is 63.2 Å². The molecule has 7 heteroatoms. The van der Waals surface area contributed by atoms with Crippen LogP contribution in [0.15, 0.2) is 71.6 Å². The van der Waals surface area contributed by atoms with E-state index >= 15 is 0 Å². The van der Waals surface area contributed by atoms with E-state index in [0.717, 1.165) is 22.3 Å². The fourth-order valence-corrected chi connectivity index (χ4v) is 4.82. The summed E-state index contributed by atoms with van der Waals surface area (Å²) in [6.45, 7) is 5.82. The Balaban J connectivity index is 1.91. The molecule has 0 aromatic heterocycles. The van der Waals surface area contributed by atoms with E-state index in [9.17, 15) is 13.2 Å². The van der Waals surface area contributed by atoms with Gasteiger partial charge < -0.3 is 5.32 Å². The first-order chi connectivity index (χ1) is 14.7. The number of hydrogen-bond donors (Lipinski definition) is 2. The molecule has 0 aliphatic rings. The summed E-state index contributed by atoms with van der Waals surface area (Å²) in [6.07, 6.45) is 0.212. The molecule has 1 atom stereocenters. The Bertz CT molecular complexity index is 1150. The van der Waals surface area contributed by atoms with E-state index in [1.54, 1.807) is 0 Å². The first kappa shape index (κ1) is 23.0. The minimum Gasteiger partial charge on any atom is -0.324 e. The molecule has 0 saturated carbocycles. The Kier molecular flexibility index (Phi) is 7.15. The summed E-state index contributed by atoms with van der Waals surface area (Å²) in [7, 11) is -3.93. The molecular formula is C24H25ClN2O3S. The Morgan fingerprint density at radius 3 is 2.10 bits per heavy atom. The topological polar surface area (TPSA) is 75.3 Å². The normalized spacial score (nSPS) is 12.4. The molecule has 0 unspecified atom stereocenters. The number of aryl methyl sites for hydroxylation is 3. The lowest BCUT2D eigenvalue weighted by atomic mass is 10.0. The highest BCUT2D eigenvalue weighted by Gasteiger charge is 2.27. The summed E-state index contributed by atoms with van der Waals surface area (Å²) in [4.78, 5) is 13.3. The molecule has 1 amide bonds. The Morgan fingerprint density at radius 2 is 1.52 bits per heavy atom. The van der Waals surface area contributed by atoms with Crippen LogP contribution in [0.5, 0.6) is 0 Å². The number of benzene rings is 3. The molecule has 0 heterocycles. The Hall–Kier alpha value is -2.67. The maximum absolute atomic E-state index is 13.2. The largest absolute Gasteiger partial charge is 0.324 e. The van der Waals surface area contributed by atoms with Gasteiger partial charge in [0, 0.05) is 10.7 Å². The van der Waals surface area contributed by atoms with Crippen LogP contribution in [0, 0.1) is 20.8 Å². The average Bonchev–Trinajstić information content (AvgIpc) is 2.71. The van der Waals surface area contributed by atoms with Gasteiger partial charge in [-0.3, -0.25) is 4.79 Å². The summed E-state index contributed by atoms with van der Waals surface area (Å²) in [6, 6.07) is 18.1. The first-order valence-electron chi connectivity index (χ1n) is 9.86. The van der Waals surface area contributed by atoms with Crippen LogP contribution in [0.25, 0.3) is 0 Å². The highest BCUT2D eigenvalue weighted by Crippen LogP contribution is 2.23. The Labute approximate surface area is 188 Å². The van der Waals surface area contributed by atoms with Crippen LogP contribution in [-0.2, 0) is 21.2 Å². The number of carbonyl (C=O) groups is 1. The van der Waals surface area contributed by atoms with Gasteiger partial charge in [0.25, 0.3) is 0 Å². The predicted molar refractivity (Wildman–Crippen MR) is 125 cm³/mol. The lowest BCUT2D eigenvalue weighted by Crippen LogP contribution is -2.45. The molecule has 2 N–H and O–H groups in total. The molecule has 0 spiro atoms. The second-order valence-corrected chi connectivity index (χ2v) is 9.73. The van der Waals surface area contributed by atoms with Gasteiger partial charge in [-0.1, -0.05) is 59.6 Å². The smallest absolute Gasteiger partial charge is 0.242 e. The third-order valence-corrected chi connectivity index (χ3v) is 6.69. The van der Waals surface area contributed by atoms with Crippen LogP contribution < -0.4 is 10.0 Å². The van der Waals surface area contributed by atoms with Crippen LogP contribution in [0.1, 0.15) is 22.3 Å². The fraction of sp³-hybridized carbons (Fsp3) is 0.208. The molecular weight excluding hydrogens is 432 g/mol. The van der Waals surface area contributed by atoms with Gasteiger partial charge in [-0.15, -0.1) is 0 Å². The van der Waals surface area contributed by atoms with Crippen LogP contribution in [-0.4, -0.2) is 20.4 Å². The van der Waals surface area contributed by atoms with Crippen LogP contribution in [0.2, 0.25) is 5.02 Å². The summed E-state index contributed by atoms with van der Waals surface area (Å²) < 4.78 is 28.5. The SMILES string of the molecule is Cc1cc(C)c(NC(=O)[C@@H](Cc2ccccc2)NS(=O)(=O)c2ccc(Cl)cc2)c(C)c1. The van der Waals surface area contributed by atoms with E-state index in [2.05, 4.69) is 10.0 Å². The van der Waals surface area contributed by atoms with Gasteiger partial charge in [-0.25, -0.2) is 8.42 Å². The minimum absolute atomic E-state index is 0.0467. The highest BCUT2D eigenvalue weighted by molar-refractivity contribution is 7.89. The van der Waals surface area contributed by atoms with Crippen molar-refractivity contribution in [3.05, 3.63) is 94.0 Å². The summed E-state index contributed by atoms with van der Waals surface area (Å²) >= 11 is 5.88. The monoisotopic (exact) mass is 456 g/mol. The molecule has 5 nitrogen and oxygen atoms in total. The van der Waals surface area contributed by atoms with E-state index in [0.29, 0.717) is 10.7 Å². The third-order valence-electron chi connectivity index (χ3n) is 4.95. The van der Waals surface area contributed by atoms with Gasteiger partial charge >= 0.3 is 0 Å². The standard InChI is InChI=1S/C24H25ClN2O3S/c1-16-13-17(2)23(18(3)14-16)26-24(28)22(15-19-7-5-4-6-8-19)27-31(29,30)21-11-9-20(25)10-12-21/h4-14,22,27H,15H2,1-3H3,(H,26,28)/t22-/m1/s1. The zero-order valence-electron chi connectivity index (χ0n) is 17.6. The second kappa shape index (κ2) is 9.64. The van der Waals surface area contributed by atoms with Gasteiger partial charge in [0.1, 0.15) is 6.04 Å². The molecule has 31 heavy (non-hydrogen) atoms. The average molecular weight is 457 g/mol. The van der Waals surface area contributed by atoms with Crippen molar-refractivity contribution in [1.82, 2.24) is 4.72 Å². The molecule has 0 aliphatic carbocycles. The molecule has 3 rings (SSSR count). The number of sulfonamides is 1. The minimum atomic E-state index is -3.93. The van der Waals surface area contributed by atoms with Gasteiger partial charge in [0.15, 0.2) is 0 Å². The molecule has 3 aromatic carbocycles. The maximum atomic E-state index is 13.2. The molecule has 3 aromatic rings. The van der Waals surface area contributed by atoms with Crippen LogP contribution in [0.3, 0.4) is 0 Å². The van der Waals surface area contributed by atoms with E-state index < -0.39 is 22.0 Å². The van der Waals surface area contributed by atoms with Crippen molar-refractivity contribution in [3.63, 3.8) is 0 Å². The molecule has 162 valence electrons. The number of carbonyl (C=O) groups excluding carboxylic acids is 1. The lowest BCUT2D eigenvalue weighted by Gasteiger charge is -2.21. The van der Waals surface area contributed by atoms with Gasteiger partial charge in [-0.05, 0) is 68.1 Å². The van der Waals surface area contributed by atoms with Crippen molar-refractivity contribution < 1.29 is 13.2 Å². The number of anilines is 1. The first-order valence-corrected chi connectivity index (χ1v) is 11.7. The summed E-state index contributed by atoms with van der Waals surface area (Å²) in [5.41, 5.74) is 4.48. The number of hydrogen-bond acceptors (Lipinski definition) is 3. The maximum Gasteiger partial charge on any atom is 0.242 e. The van der Waals surface area contributed by atoms with E-state index in [1.165, 1.54) is 24.3 Å². The quantitative estimate of drug-likeness (QED) is 0.536. The van der Waals surface area contributed by atoms with Crippen molar-refractivity contribution in [2.45, 2.75) is 38.1 Å². The number of amides is 1. The molecule has 0 fully saturated rings. The van der Waals surface area contributed by atoms with E-state index in [4.69, 9.17) is 11.6 Å². The molecule has 0 radical (unpaired) electrons. The molecule has 0 aliphatic heterocycles. The van der Waals surface area contributed by atoms with Crippen molar-refractivity contribution in [2.75, 3.05) is 5.32 Å². The van der Waals surface area contributed by atoms with Crippen molar-refractivity contribution in [1.29, 1.82) is 0 Å². The zero-order valence-corrected chi connectivity index (χ0v) is 19.2. The Morgan fingerprint density at radius 1 is 0.935 bits per heavy atom. The zero-order chi connectivity index (χ0) is 22.6. The predicted octanol–water partition coefficient (Wildman–Crippen LogP) is 4.79. The third kappa shape index (κ3) is 5.94. The summed E-state index contributed by atoms with van der Waals surface area (Å²) in [5, 5.41) is 3.36. The van der Waals surface area contributed by atoms with Gasteiger partial charge in [0.05, 0.1) is 4.90 Å².